The van der Waals surface area contributed by atoms with E-state index in [1.165, 1.54) is 22.0 Å². The van der Waals surface area contributed by atoms with Crippen LogP contribution < -0.4 is 10.9 Å². The van der Waals surface area contributed by atoms with Crippen LogP contribution in [-0.2, 0) is 23.2 Å². The molecule has 0 spiro atoms. The minimum absolute atomic E-state index is 0.0427. The zero-order valence-corrected chi connectivity index (χ0v) is 19.6. The number of hydrogen-bond donors (Lipinski definition) is 1. The second-order valence-electron chi connectivity index (χ2n) is 8.78. The third-order valence-corrected chi connectivity index (χ3v) is 6.71. The lowest BCUT2D eigenvalue weighted by Gasteiger charge is -2.32. The van der Waals surface area contributed by atoms with Crippen LogP contribution in [0, 0.1) is 0 Å². The van der Waals surface area contributed by atoms with Crippen LogP contribution >= 0.6 is 11.8 Å². The molecular formula is C25H25N5O2S. The maximum absolute atomic E-state index is 13.8. The topological polar surface area (TPSA) is 81.3 Å². The Morgan fingerprint density at radius 3 is 2.61 bits per heavy atom. The predicted octanol–water partition coefficient (Wildman–Crippen LogP) is 4.14. The van der Waals surface area contributed by atoms with Crippen LogP contribution in [0.2, 0.25) is 0 Å². The fourth-order valence-electron chi connectivity index (χ4n) is 4.51. The van der Waals surface area contributed by atoms with Gasteiger partial charge in [0.15, 0.2) is 5.16 Å². The number of para-hydroxylation sites is 1. The van der Waals surface area contributed by atoms with E-state index in [1.54, 1.807) is 4.40 Å². The summed E-state index contributed by atoms with van der Waals surface area (Å²) < 4.78 is 3.10. The van der Waals surface area contributed by atoms with Crippen LogP contribution in [0.5, 0.6) is 0 Å². The van der Waals surface area contributed by atoms with E-state index in [0.717, 1.165) is 17.7 Å². The summed E-state index contributed by atoms with van der Waals surface area (Å²) >= 11 is 1.47. The normalized spacial score (nSPS) is 14.0. The highest BCUT2D eigenvalue weighted by molar-refractivity contribution is 7.99. The van der Waals surface area contributed by atoms with Gasteiger partial charge in [-0.05, 0) is 29.9 Å². The van der Waals surface area contributed by atoms with E-state index in [4.69, 9.17) is 4.98 Å². The Labute approximate surface area is 195 Å². The lowest BCUT2D eigenvalue weighted by atomic mass is 9.72. The lowest BCUT2D eigenvalue weighted by Crippen LogP contribution is -2.36. The molecule has 7 nitrogen and oxygen atoms in total. The fourth-order valence-corrected chi connectivity index (χ4v) is 5.22. The Kier molecular flexibility index (Phi) is 5.32. The first-order valence-corrected chi connectivity index (χ1v) is 12.0. The zero-order chi connectivity index (χ0) is 23.2. The maximum Gasteiger partial charge on any atom is 0.265 e. The van der Waals surface area contributed by atoms with Crippen LogP contribution in [0.25, 0.3) is 17.0 Å². The van der Waals surface area contributed by atoms with Gasteiger partial charge in [0.25, 0.3) is 5.56 Å². The van der Waals surface area contributed by atoms with Gasteiger partial charge >= 0.3 is 0 Å². The van der Waals surface area contributed by atoms with Crippen LogP contribution in [0.1, 0.15) is 31.9 Å². The van der Waals surface area contributed by atoms with Crippen molar-refractivity contribution in [3.05, 3.63) is 76.1 Å². The summed E-state index contributed by atoms with van der Waals surface area (Å²) in [4.78, 5) is 31.6. The van der Waals surface area contributed by atoms with E-state index >= 15 is 0 Å². The van der Waals surface area contributed by atoms with Crippen molar-refractivity contribution in [1.29, 1.82) is 0 Å². The molecule has 1 amide bonds. The van der Waals surface area contributed by atoms with Gasteiger partial charge in [0.05, 0.1) is 11.3 Å². The number of amides is 1. The second-order valence-corrected chi connectivity index (χ2v) is 10.0. The van der Waals surface area contributed by atoms with Gasteiger partial charge in [0, 0.05) is 16.7 Å². The van der Waals surface area contributed by atoms with Crippen molar-refractivity contribution in [2.45, 2.75) is 44.3 Å². The molecule has 0 aliphatic heterocycles. The van der Waals surface area contributed by atoms with Gasteiger partial charge in [-0.2, -0.15) is 0 Å². The number of thioether (sulfide) groups is 1. The molecule has 0 fully saturated rings. The van der Waals surface area contributed by atoms with Gasteiger partial charge in [-0.15, -0.1) is 5.10 Å². The van der Waals surface area contributed by atoms with Crippen molar-refractivity contribution in [3.8, 4) is 11.3 Å². The van der Waals surface area contributed by atoms with E-state index in [0.29, 0.717) is 27.9 Å². The summed E-state index contributed by atoms with van der Waals surface area (Å²) in [7, 11) is 0. The minimum Gasteiger partial charge on any atom is -0.324 e. The summed E-state index contributed by atoms with van der Waals surface area (Å²) in [5, 5.41) is 8.05. The predicted molar refractivity (Wildman–Crippen MR) is 131 cm³/mol. The Morgan fingerprint density at radius 1 is 1.12 bits per heavy atom. The summed E-state index contributed by atoms with van der Waals surface area (Å²) in [6.45, 7) is 6.14. The third-order valence-electron chi connectivity index (χ3n) is 5.90. The highest BCUT2D eigenvalue weighted by Crippen LogP contribution is 2.40. The monoisotopic (exact) mass is 459 g/mol. The molecule has 0 saturated heterocycles. The molecule has 1 aliphatic rings. The molecule has 4 aromatic rings. The van der Waals surface area contributed by atoms with Gasteiger partial charge in [0.1, 0.15) is 6.54 Å². The molecule has 1 aliphatic carbocycles. The first-order chi connectivity index (χ1) is 15.9. The molecule has 1 N–H and O–H groups in total. The highest BCUT2D eigenvalue weighted by Gasteiger charge is 2.36. The quantitative estimate of drug-likeness (QED) is 0.454. The van der Waals surface area contributed by atoms with Crippen molar-refractivity contribution in [3.63, 3.8) is 0 Å². The summed E-state index contributed by atoms with van der Waals surface area (Å²) in [6, 6.07) is 17.4. The molecule has 0 saturated carbocycles. The van der Waals surface area contributed by atoms with Gasteiger partial charge in [-0.1, -0.05) is 75.0 Å². The zero-order valence-electron chi connectivity index (χ0n) is 18.8. The van der Waals surface area contributed by atoms with Gasteiger partial charge in [0.2, 0.25) is 11.7 Å². The molecule has 5 rings (SSSR count). The summed E-state index contributed by atoms with van der Waals surface area (Å²) in [5.41, 5.74) is 3.76. The average molecular weight is 460 g/mol. The molecular weight excluding hydrogens is 434 g/mol. The molecule has 0 atom stereocenters. The van der Waals surface area contributed by atoms with Crippen molar-refractivity contribution in [2.24, 2.45) is 0 Å². The van der Waals surface area contributed by atoms with E-state index in [2.05, 4.69) is 30.3 Å². The number of nitrogens with zero attached hydrogens (tertiary/aromatic N) is 4. The molecule has 168 valence electrons. The number of nitrogens with one attached hydrogen (secondary N) is 1. The molecule has 2 aromatic carbocycles. The summed E-state index contributed by atoms with van der Waals surface area (Å²) in [6.07, 6.45) is 0.767. The molecule has 2 heterocycles. The standard InChI is InChI=1S/C25H25N5O2S/c1-4-33-24-28-29(15-19(31)26-17-11-6-5-7-12-17)23-27-21-18-13-9-8-10-16(18)14-25(2,3)20(21)22(32)30(23)24/h5-13H,4,14-15H2,1-3H3,(H,26,31). The Hall–Kier alpha value is -3.39. The molecule has 8 heteroatoms. The Bertz CT molecular complexity index is 1420. The second kappa shape index (κ2) is 8.19. The Balaban J connectivity index is 1.67. The molecule has 0 radical (unpaired) electrons. The van der Waals surface area contributed by atoms with Crippen molar-refractivity contribution < 1.29 is 4.79 Å². The van der Waals surface area contributed by atoms with Crippen LogP contribution in [0.3, 0.4) is 0 Å². The van der Waals surface area contributed by atoms with E-state index in [9.17, 15) is 9.59 Å². The van der Waals surface area contributed by atoms with Crippen molar-refractivity contribution in [2.75, 3.05) is 11.1 Å². The largest absolute Gasteiger partial charge is 0.324 e. The van der Waals surface area contributed by atoms with Gasteiger partial charge in [-0.25, -0.2) is 14.1 Å². The van der Waals surface area contributed by atoms with Gasteiger partial charge < -0.3 is 5.32 Å². The number of carbonyl (C=O) groups is 1. The van der Waals surface area contributed by atoms with Crippen molar-refractivity contribution >= 4 is 29.1 Å². The Morgan fingerprint density at radius 2 is 1.85 bits per heavy atom. The molecule has 0 bridgehead atoms. The number of anilines is 1. The number of aromatic nitrogens is 4. The first kappa shape index (κ1) is 21.5. The number of carbonyl (C=O) groups excluding carboxylic acids is 1. The smallest absolute Gasteiger partial charge is 0.265 e. The van der Waals surface area contributed by atoms with Gasteiger partial charge in [-0.3, -0.25) is 9.59 Å². The first-order valence-electron chi connectivity index (χ1n) is 11.0. The highest BCUT2D eigenvalue weighted by atomic mass is 32.2. The van der Waals surface area contributed by atoms with Crippen LogP contribution in [0.15, 0.2) is 64.5 Å². The third kappa shape index (κ3) is 3.74. The number of fused-ring (bicyclic) bond motifs is 4. The fraction of sp³-hybridized carbons (Fsp3) is 0.280. The SMILES string of the molecule is CCSc1nn(CC(=O)Nc2ccccc2)c2nc3c(c(=O)n12)C(C)(C)Cc1ccccc1-3. The molecule has 33 heavy (non-hydrogen) atoms. The number of benzene rings is 2. The van der Waals surface area contributed by atoms with Crippen LogP contribution in [0.4, 0.5) is 5.69 Å². The minimum atomic E-state index is -0.365. The van der Waals surface area contributed by atoms with E-state index in [-0.39, 0.29) is 23.4 Å². The van der Waals surface area contributed by atoms with E-state index in [1.807, 2.05) is 55.5 Å². The maximum atomic E-state index is 13.8. The number of hydrogen-bond acceptors (Lipinski definition) is 5. The summed E-state index contributed by atoms with van der Waals surface area (Å²) in [5.74, 6) is 0.898. The van der Waals surface area contributed by atoms with E-state index < -0.39 is 0 Å². The van der Waals surface area contributed by atoms with Crippen LogP contribution in [-0.4, -0.2) is 30.8 Å². The average Bonchev–Trinajstić information content (AvgIpc) is 3.11. The van der Waals surface area contributed by atoms with Crippen molar-refractivity contribution in [1.82, 2.24) is 19.2 Å². The number of rotatable bonds is 5. The molecule has 2 aromatic heterocycles. The lowest BCUT2D eigenvalue weighted by molar-refractivity contribution is -0.116. The molecule has 0 unspecified atom stereocenters.